The molecule has 0 bridgehead atoms. The van der Waals surface area contributed by atoms with E-state index in [-0.39, 0.29) is 11.8 Å². The van der Waals surface area contributed by atoms with Crippen molar-refractivity contribution >= 4 is 23.2 Å². The molecule has 0 aromatic carbocycles. The fourth-order valence-corrected chi connectivity index (χ4v) is 4.69. The van der Waals surface area contributed by atoms with E-state index in [1.807, 2.05) is 26.6 Å². The minimum Gasteiger partial charge on any atom is -0.339 e. The van der Waals surface area contributed by atoms with Crippen molar-refractivity contribution in [3.05, 3.63) is 22.4 Å². The summed E-state index contributed by atoms with van der Waals surface area (Å²) >= 11 is 1.55. The zero-order valence-electron chi connectivity index (χ0n) is 15.3. The molecule has 1 saturated carbocycles. The molecule has 2 saturated heterocycles. The van der Waals surface area contributed by atoms with Crippen LogP contribution in [-0.2, 0) is 4.79 Å². The summed E-state index contributed by atoms with van der Waals surface area (Å²) in [5, 5.41) is 3.84. The van der Waals surface area contributed by atoms with Crippen LogP contribution in [-0.4, -0.2) is 96.4 Å². The van der Waals surface area contributed by atoms with Gasteiger partial charge in [0.05, 0.1) is 12.1 Å². The molecule has 2 amide bonds. The number of carbonyl (C=O) groups is 2. The molecule has 3 fully saturated rings. The normalized spacial score (nSPS) is 23.1. The maximum atomic E-state index is 12.6. The molecule has 3 heterocycles. The highest BCUT2D eigenvalue weighted by Crippen LogP contribution is 2.25. The molecule has 3 aliphatic rings. The standard InChI is InChI=1S/C19H28N4O2S/c24-18(22-11-9-21(10-12-22)17-2-1-3-17)14-20-5-7-23(8-6-20)19(25)16-4-13-26-15-16/h4,13,15,17H,1-3,5-12,14H2. The number of amides is 2. The van der Waals surface area contributed by atoms with Crippen molar-refractivity contribution in [3.63, 3.8) is 0 Å². The summed E-state index contributed by atoms with van der Waals surface area (Å²) < 4.78 is 0. The van der Waals surface area contributed by atoms with Crippen molar-refractivity contribution in [2.75, 3.05) is 58.9 Å². The molecule has 1 aromatic heterocycles. The lowest BCUT2D eigenvalue weighted by Gasteiger charge is -2.43. The molecular formula is C19H28N4O2S. The topological polar surface area (TPSA) is 47.1 Å². The monoisotopic (exact) mass is 376 g/mol. The number of carbonyl (C=O) groups excluding carboxylic acids is 2. The highest BCUT2D eigenvalue weighted by Gasteiger charge is 2.30. The Morgan fingerprint density at radius 3 is 2.23 bits per heavy atom. The summed E-state index contributed by atoms with van der Waals surface area (Å²) in [6.07, 6.45) is 4.04. The highest BCUT2D eigenvalue weighted by atomic mass is 32.1. The van der Waals surface area contributed by atoms with Gasteiger partial charge in [0.2, 0.25) is 5.91 Å². The Labute approximate surface area is 159 Å². The van der Waals surface area contributed by atoms with Crippen molar-refractivity contribution in [3.8, 4) is 0 Å². The SMILES string of the molecule is O=C(CN1CCN(C(=O)c2ccsc2)CC1)N1CCN(C2CCC2)CC1. The minimum atomic E-state index is 0.115. The van der Waals surface area contributed by atoms with Crippen molar-refractivity contribution in [1.29, 1.82) is 0 Å². The molecule has 0 unspecified atom stereocenters. The van der Waals surface area contributed by atoms with Crippen molar-refractivity contribution in [2.24, 2.45) is 0 Å². The summed E-state index contributed by atoms with van der Waals surface area (Å²) in [5.41, 5.74) is 0.781. The van der Waals surface area contributed by atoms with Crippen molar-refractivity contribution < 1.29 is 9.59 Å². The highest BCUT2D eigenvalue weighted by molar-refractivity contribution is 7.08. The van der Waals surface area contributed by atoms with Crippen LogP contribution in [0.25, 0.3) is 0 Å². The average molecular weight is 377 g/mol. The van der Waals surface area contributed by atoms with Gasteiger partial charge in [-0.15, -0.1) is 0 Å². The van der Waals surface area contributed by atoms with Gasteiger partial charge in [0.25, 0.3) is 5.91 Å². The van der Waals surface area contributed by atoms with E-state index in [2.05, 4.69) is 9.80 Å². The van der Waals surface area contributed by atoms with Crippen LogP contribution < -0.4 is 0 Å². The molecule has 0 N–H and O–H groups in total. The Balaban J connectivity index is 1.19. The minimum absolute atomic E-state index is 0.115. The third-order valence-electron chi connectivity index (χ3n) is 6.04. The fourth-order valence-electron chi connectivity index (χ4n) is 4.06. The van der Waals surface area contributed by atoms with E-state index in [0.29, 0.717) is 19.6 Å². The lowest BCUT2D eigenvalue weighted by atomic mass is 9.91. The van der Waals surface area contributed by atoms with Crippen LogP contribution in [0.5, 0.6) is 0 Å². The van der Waals surface area contributed by atoms with E-state index in [1.165, 1.54) is 19.3 Å². The molecule has 1 aliphatic carbocycles. The van der Waals surface area contributed by atoms with Gasteiger partial charge >= 0.3 is 0 Å². The van der Waals surface area contributed by atoms with Crippen molar-refractivity contribution in [1.82, 2.24) is 19.6 Å². The number of hydrogen-bond donors (Lipinski definition) is 0. The fraction of sp³-hybridized carbons (Fsp3) is 0.684. The van der Waals surface area contributed by atoms with Gasteiger partial charge in [-0.25, -0.2) is 0 Å². The zero-order valence-corrected chi connectivity index (χ0v) is 16.1. The Bertz CT molecular complexity index is 615. The first kappa shape index (κ1) is 17.9. The first-order valence-electron chi connectivity index (χ1n) is 9.76. The Hall–Kier alpha value is -1.44. The van der Waals surface area contributed by atoms with Crippen LogP contribution in [0, 0.1) is 0 Å². The molecule has 1 aromatic rings. The van der Waals surface area contributed by atoms with E-state index in [1.54, 1.807) is 11.3 Å². The largest absolute Gasteiger partial charge is 0.339 e. The van der Waals surface area contributed by atoms with Crippen LogP contribution >= 0.6 is 11.3 Å². The summed E-state index contributed by atoms with van der Waals surface area (Å²) in [6, 6.07) is 2.66. The summed E-state index contributed by atoms with van der Waals surface area (Å²) in [7, 11) is 0. The van der Waals surface area contributed by atoms with Gasteiger partial charge < -0.3 is 9.80 Å². The van der Waals surface area contributed by atoms with E-state index in [0.717, 1.165) is 50.9 Å². The van der Waals surface area contributed by atoms with Gasteiger partial charge in [0, 0.05) is 63.8 Å². The Morgan fingerprint density at radius 2 is 1.65 bits per heavy atom. The third kappa shape index (κ3) is 3.94. The van der Waals surface area contributed by atoms with Gasteiger partial charge in [0.15, 0.2) is 0 Å². The van der Waals surface area contributed by atoms with E-state index in [9.17, 15) is 9.59 Å². The molecule has 6 nitrogen and oxygen atoms in total. The summed E-state index contributed by atoms with van der Waals surface area (Å²) in [6.45, 7) is 7.25. The first-order chi connectivity index (χ1) is 12.7. The number of rotatable bonds is 4. The smallest absolute Gasteiger partial charge is 0.254 e. The quantitative estimate of drug-likeness (QED) is 0.792. The van der Waals surface area contributed by atoms with E-state index >= 15 is 0 Å². The number of nitrogens with zero attached hydrogens (tertiary/aromatic N) is 4. The first-order valence-corrected chi connectivity index (χ1v) is 10.7. The van der Waals surface area contributed by atoms with Crippen LogP contribution in [0.3, 0.4) is 0 Å². The van der Waals surface area contributed by atoms with Gasteiger partial charge in [-0.3, -0.25) is 19.4 Å². The molecule has 2 aliphatic heterocycles. The van der Waals surface area contributed by atoms with Gasteiger partial charge in [-0.1, -0.05) is 6.42 Å². The number of thiophene rings is 1. The maximum absolute atomic E-state index is 12.6. The Morgan fingerprint density at radius 1 is 0.962 bits per heavy atom. The average Bonchev–Trinajstić information content (AvgIpc) is 3.15. The predicted octanol–water partition coefficient (Wildman–Crippen LogP) is 1.20. The van der Waals surface area contributed by atoms with Crippen molar-refractivity contribution in [2.45, 2.75) is 25.3 Å². The maximum Gasteiger partial charge on any atom is 0.254 e. The summed E-state index contributed by atoms with van der Waals surface area (Å²) in [4.78, 5) is 33.7. The molecular weight excluding hydrogens is 348 g/mol. The van der Waals surface area contributed by atoms with Crippen LogP contribution in [0.1, 0.15) is 29.6 Å². The molecule has 7 heteroatoms. The van der Waals surface area contributed by atoms with Crippen LogP contribution in [0.4, 0.5) is 0 Å². The zero-order chi connectivity index (χ0) is 17.9. The molecule has 142 valence electrons. The third-order valence-corrected chi connectivity index (χ3v) is 6.73. The molecule has 4 rings (SSSR count). The second-order valence-corrected chi connectivity index (χ2v) is 8.36. The molecule has 26 heavy (non-hydrogen) atoms. The molecule has 0 atom stereocenters. The van der Waals surface area contributed by atoms with Crippen LogP contribution in [0.2, 0.25) is 0 Å². The number of hydrogen-bond acceptors (Lipinski definition) is 5. The second kappa shape index (κ2) is 8.06. The second-order valence-electron chi connectivity index (χ2n) is 7.58. The van der Waals surface area contributed by atoms with Gasteiger partial charge in [-0.05, 0) is 24.3 Å². The number of piperazine rings is 2. The lowest BCUT2D eigenvalue weighted by Crippen LogP contribution is -2.56. The van der Waals surface area contributed by atoms with E-state index in [4.69, 9.17) is 0 Å². The molecule has 0 spiro atoms. The molecule has 0 radical (unpaired) electrons. The predicted molar refractivity (Wildman–Crippen MR) is 102 cm³/mol. The van der Waals surface area contributed by atoms with Crippen LogP contribution in [0.15, 0.2) is 16.8 Å². The van der Waals surface area contributed by atoms with Gasteiger partial charge in [0.1, 0.15) is 0 Å². The Kier molecular flexibility index (Phi) is 5.57. The summed E-state index contributed by atoms with van der Waals surface area (Å²) in [5.74, 6) is 0.361. The lowest BCUT2D eigenvalue weighted by molar-refractivity contribution is -0.135. The van der Waals surface area contributed by atoms with E-state index < -0.39 is 0 Å². The van der Waals surface area contributed by atoms with Gasteiger partial charge in [-0.2, -0.15) is 11.3 Å².